The van der Waals surface area contributed by atoms with E-state index in [2.05, 4.69) is 29.2 Å². The van der Waals surface area contributed by atoms with Crippen molar-refractivity contribution in [1.82, 2.24) is 4.90 Å². The second-order valence-corrected chi connectivity index (χ2v) is 8.93. The van der Waals surface area contributed by atoms with Gasteiger partial charge in [0.25, 0.3) is 0 Å². The number of likely N-dealkylation sites (tertiary alicyclic amines) is 1. The topological polar surface area (TPSA) is 49.8 Å². The number of carboxylic acid groups (broad SMARTS) is 1. The van der Waals surface area contributed by atoms with Gasteiger partial charge >= 0.3 is 5.97 Å². The van der Waals surface area contributed by atoms with E-state index in [1.54, 1.807) is 11.3 Å². The minimum atomic E-state index is -0.750. The third-order valence-electron chi connectivity index (χ3n) is 5.78. The summed E-state index contributed by atoms with van der Waals surface area (Å²) in [5.41, 5.74) is 1.05. The molecular weight excluding hydrogens is 406 g/mol. The number of hydrogen-bond acceptors (Lipinski definition) is 4. The predicted molar refractivity (Wildman–Crippen MR) is 124 cm³/mol. The van der Waals surface area contributed by atoms with Crippen LogP contribution in [0.4, 0.5) is 0 Å². The minimum Gasteiger partial charge on any atom is -0.480 e. The van der Waals surface area contributed by atoms with E-state index in [0.717, 1.165) is 34.9 Å². The second kappa shape index (κ2) is 8.53. The van der Waals surface area contributed by atoms with Crippen molar-refractivity contribution in [3.05, 3.63) is 95.4 Å². The van der Waals surface area contributed by atoms with Gasteiger partial charge in [-0.1, -0.05) is 48.5 Å². The average molecular weight is 430 g/mol. The number of carbonyl (C=O) groups is 1. The van der Waals surface area contributed by atoms with E-state index in [-0.39, 0.29) is 6.04 Å². The molecule has 5 heteroatoms. The summed E-state index contributed by atoms with van der Waals surface area (Å²) in [6.07, 6.45) is 1.56. The average Bonchev–Trinajstić information content (AvgIpc) is 3.42. The fourth-order valence-corrected chi connectivity index (χ4v) is 5.61. The SMILES string of the molecule is O=C(O)C1CCCN1C(c1cccc(Oc2ccccc2)c1)c1cc2ccccc2s1. The number of para-hydroxylation sites is 1. The number of rotatable bonds is 6. The van der Waals surface area contributed by atoms with Crippen LogP contribution in [-0.2, 0) is 4.79 Å². The maximum absolute atomic E-state index is 12.0. The Bertz CT molecular complexity index is 1170. The summed E-state index contributed by atoms with van der Waals surface area (Å²) >= 11 is 1.74. The number of thiophene rings is 1. The highest BCUT2D eigenvalue weighted by Crippen LogP contribution is 2.41. The van der Waals surface area contributed by atoms with Gasteiger partial charge in [0.05, 0.1) is 6.04 Å². The minimum absolute atomic E-state index is 0.125. The maximum atomic E-state index is 12.0. The van der Waals surface area contributed by atoms with Crippen LogP contribution in [0.5, 0.6) is 11.5 Å². The lowest BCUT2D eigenvalue weighted by Crippen LogP contribution is -2.39. The van der Waals surface area contributed by atoms with E-state index in [1.807, 2.05) is 60.7 Å². The number of aliphatic carboxylic acids is 1. The van der Waals surface area contributed by atoms with Crippen molar-refractivity contribution in [3.8, 4) is 11.5 Å². The van der Waals surface area contributed by atoms with Gasteiger partial charge in [-0.3, -0.25) is 9.69 Å². The molecule has 0 spiro atoms. The zero-order valence-corrected chi connectivity index (χ0v) is 17.8. The van der Waals surface area contributed by atoms with Gasteiger partial charge in [0.1, 0.15) is 17.5 Å². The summed E-state index contributed by atoms with van der Waals surface area (Å²) in [5, 5.41) is 11.0. The van der Waals surface area contributed by atoms with Crippen LogP contribution in [0.1, 0.15) is 29.3 Å². The van der Waals surface area contributed by atoms with Crippen LogP contribution in [0.25, 0.3) is 10.1 Å². The predicted octanol–water partition coefficient (Wildman–Crippen LogP) is 6.33. The molecule has 5 rings (SSSR count). The van der Waals surface area contributed by atoms with Crippen molar-refractivity contribution in [2.24, 2.45) is 0 Å². The first-order chi connectivity index (χ1) is 15.2. The molecule has 4 nitrogen and oxygen atoms in total. The summed E-state index contributed by atoms with van der Waals surface area (Å²) in [5.74, 6) is 0.781. The fraction of sp³-hybridized carbons (Fsp3) is 0.192. The molecule has 1 N–H and O–H groups in total. The highest BCUT2D eigenvalue weighted by Gasteiger charge is 2.37. The maximum Gasteiger partial charge on any atom is 0.320 e. The van der Waals surface area contributed by atoms with Gasteiger partial charge in [0.15, 0.2) is 0 Å². The number of benzene rings is 3. The van der Waals surface area contributed by atoms with Gasteiger partial charge < -0.3 is 9.84 Å². The van der Waals surface area contributed by atoms with E-state index >= 15 is 0 Å². The number of carboxylic acids is 1. The summed E-state index contributed by atoms with van der Waals surface area (Å²) in [7, 11) is 0. The lowest BCUT2D eigenvalue weighted by atomic mass is 10.0. The van der Waals surface area contributed by atoms with Crippen LogP contribution in [0, 0.1) is 0 Å². The molecule has 1 saturated heterocycles. The Kier molecular flexibility index (Phi) is 5.45. The molecule has 1 fully saturated rings. The van der Waals surface area contributed by atoms with Crippen molar-refractivity contribution >= 4 is 27.4 Å². The van der Waals surface area contributed by atoms with Gasteiger partial charge in [-0.25, -0.2) is 0 Å². The molecule has 1 aliphatic rings. The van der Waals surface area contributed by atoms with Gasteiger partial charge in [0.2, 0.25) is 0 Å². The third kappa shape index (κ3) is 4.07. The Hall–Kier alpha value is -3.15. The lowest BCUT2D eigenvalue weighted by Gasteiger charge is -2.31. The standard InChI is InChI=1S/C26H23NO3S/c28-26(29)22-13-7-15-27(22)25(24-17-18-8-4-5-14-23(18)31-24)19-9-6-12-21(16-19)30-20-10-2-1-3-11-20/h1-6,8-12,14,16-17,22,25H,7,13,15H2,(H,28,29). The van der Waals surface area contributed by atoms with E-state index < -0.39 is 12.0 Å². The molecule has 2 atom stereocenters. The summed E-state index contributed by atoms with van der Waals surface area (Å²) in [4.78, 5) is 15.3. The summed E-state index contributed by atoms with van der Waals surface area (Å²) in [6.45, 7) is 0.764. The molecule has 0 bridgehead atoms. The molecule has 0 radical (unpaired) electrons. The van der Waals surface area contributed by atoms with E-state index in [9.17, 15) is 9.90 Å². The quantitative estimate of drug-likeness (QED) is 0.389. The molecule has 31 heavy (non-hydrogen) atoms. The van der Waals surface area contributed by atoms with E-state index in [0.29, 0.717) is 6.42 Å². The molecule has 0 aliphatic carbocycles. The Morgan fingerprint density at radius 2 is 1.74 bits per heavy atom. The Balaban J connectivity index is 1.57. The Morgan fingerprint density at radius 3 is 2.55 bits per heavy atom. The van der Waals surface area contributed by atoms with Crippen molar-refractivity contribution in [2.45, 2.75) is 24.9 Å². The molecular formula is C26H23NO3S. The van der Waals surface area contributed by atoms with Crippen LogP contribution >= 0.6 is 11.3 Å². The van der Waals surface area contributed by atoms with Crippen LogP contribution in [0.15, 0.2) is 84.9 Å². The van der Waals surface area contributed by atoms with E-state index in [4.69, 9.17) is 4.74 Å². The van der Waals surface area contributed by atoms with Crippen molar-refractivity contribution in [2.75, 3.05) is 6.54 Å². The van der Waals surface area contributed by atoms with Crippen molar-refractivity contribution < 1.29 is 14.6 Å². The Morgan fingerprint density at radius 1 is 0.968 bits per heavy atom. The van der Waals surface area contributed by atoms with Crippen LogP contribution in [0.3, 0.4) is 0 Å². The van der Waals surface area contributed by atoms with Crippen molar-refractivity contribution in [1.29, 1.82) is 0 Å². The van der Waals surface area contributed by atoms with Crippen molar-refractivity contribution in [3.63, 3.8) is 0 Å². The molecule has 2 unspecified atom stereocenters. The fourth-order valence-electron chi connectivity index (χ4n) is 4.39. The smallest absolute Gasteiger partial charge is 0.320 e. The van der Waals surface area contributed by atoms with E-state index in [1.165, 1.54) is 10.1 Å². The van der Waals surface area contributed by atoms with Crippen LogP contribution < -0.4 is 4.74 Å². The first-order valence-electron chi connectivity index (χ1n) is 10.5. The zero-order valence-electron chi connectivity index (χ0n) is 17.0. The second-order valence-electron chi connectivity index (χ2n) is 7.81. The summed E-state index contributed by atoms with van der Waals surface area (Å²) < 4.78 is 7.28. The molecule has 156 valence electrons. The van der Waals surface area contributed by atoms with Gasteiger partial charge in [-0.15, -0.1) is 11.3 Å². The molecule has 3 aromatic carbocycles. The van der Waals surface area contributed by atoms with Crippen LogP contribution in [-0.4, -0.2) is 28.6 Å². The number of nitrogens with zero attached hydrogens (tertiary/aromatic N) is 1. The molecule has 4 aromatic rings. The van der Waals surface area contributed by atoms with Crippen LogP contribution in [0.2, 0.25) is 0 Å². The normalized spacial score (nSPS) is 17.6. The highest BCUT2D eigenvalue weighted by molar-refractivity contribution is 7.19. The van der Waals surface area contributed by atoms with Gasteiger partial charge in [-0.05, 0) is 60.2 Å². The zero-order chi connectivity index (χ0) is 21.2. The highest BCUT2D eigenvalue weighted by atomic mass is 32.1. The third-order valence-corrected chi connectivity index (χ3v) is 6.95. The molecule has 1 aliphatic heterocycles. The number of hydrogen-bond donors (Lipinski definition) is 1. The Labute approximate surface area is 185 Å². The molecule has 2 heterocycles. The van der Waals surface area contributed by atoms with Gasteiger partial charge in [-0.2, -0.15) is 0 Å². The molecule has 0 saturated carbocycles. The first kappa shape index (κ1) is 19.8. The number of fused-ring (bicyclic) bond motifs is 1. The van der Waals surface area contributed by atoms with Gasteiger partial charge in [0, 0.05) is 16.1 Å². The monoisotopic (exact) mass is 429 g/mol. The largest absolute Gasteiger partial charge is 0.480 e. The first-order valence-corrected chi connectivity index (χ1v) is 11.3. The molecule has 1 aromatic heterocycles. The lowest BCUT2D eigenvalue weighted by molar-refractivity contribution is -0.142. The summed E-state index contributed by atoms with van der Waals surface area (Å²) in [6, 6.07) is 27.7. The molecule has 0 amide bonds. The number of ether oxygens (including phenoxy) is 1.